The van der Waals surface area contributed by atoms with Crippen molar-refractivity contribution >= 4 is 63.1 Å². The quantitative estimate of drug-likeness (QED) is 0.179. The van der Waals surface area contributed by atoms with Gasteiger partial charge in [0.05, 0.1) is 10.6 Å². The van der Waals surface area contributed by atoms with Gasteiger partial charge in [-0.3, -0.25) is 10.1 Å². The predicted molar refractivity (Wildman–Crippen MR) is 151 cm³/mol. The normalized spacial score (nSPS) is 10.9. The SMILES string of the molecule is Cc1ccc(-c2cc3ccccc3oc2=O)cc1NC(=S)NC(=O)c1ccc(-c2cc(Cl)ccc2Cl)o1. The molecule has 2 N–H and O–H groups in total. The zero-order valence-electron chi connectivity index (χ0n) is 19.3. The number of hydrogen-bond acceptors (Lipinski definition) is 5. The van der Waals surface area contributed by atoms with Crippen molar-refractivity contribution in [1.29, 1.82) is 0 Å². The van der Waals surface area contributed by atoms with Crippen molar-refractivity contribution in [2.75, 3.05) is 5.32 Å². The van der Waals surface area contributed by atoms with E-state index in [9.17, 15) is 9.59 Å². The molecule has 0 atom stereocenters. The summed E-state index contributed by atoms with van der Waals surface area (Å²) in [5.41, 5.74) is 3.19. The van der Waals surface area contributed by atoms with Gasteiger partial charge in [-0.05, 0) is 78.8 Å². The highest BCUT2D eigenvalue weighted by molar-refractivity contribution is 7.80. The molecular formula is C28H18Cl2N2O4S. The largest absolute Gasteiger partial charge is 0.451 e. The minimum absolute atomic E-state index is 0.0504. The number of para-hydroxylation sites is 1. The first-order chi connectivity index (χ1) is 17.8. The molecule has 0 bridgehead atoms. The summed E-state index contributed by atoms with van der Waals surface area (Å²) in [4.78, 5) is 25.3. The van der Waals surface area contributed by atoms with E-state index in [4.69, 9.17) is 44.3 Å². The van der Waals surface area contributed by atoms with E-state index in [0.717, 1.165) is 10.9 Å². The summed E-state index contributed by atoms with van der Waals surface area (Å²) in [5.74, 6) is -0.0883. The van der Waals surface area contributed by atoms with Gasteiger partial charge in [0.15, 0.2) is 10.9 Å². The summed E-state index contributed by atoms with van der Waals surface area (Å²) in [6.45, 7) is 1.88. The number of carbonyl (C=O) groups excluding carboxylic acids is 1. The van der Waals surface area contributed by atoms with E-state index in [1.165, 1.54) is 6.07 Å². The van der Waals surface area contributed by atoms with E-state index in [1.54, 1.807) is 42.5 Å². The number of carbonyl (C=O) groups is 1. The Bertz CT molecular complexity index is 1740. The highest BCUT2D eigenvalue weighted by atomic mass is 35.5. The maximum atomic E-state index is 12.7. The van der Waals surface area contributed by atoms with Gasteiger partial charge >= 0.3 is 5.63 Å². The predicted octanol–water partition coefficient (Wildman–Crippen LogP) is 7.46. The molecule has 37 heavy (non-hydrogen) atoms. The smallest absolute Gasteiger partial charge is 0.344 e. The molecule has 6 nitrogen and oxygen atoms in total. The van der Waals surface area contributed by atoms with Crippen molar-refractivity contribution < 1.29 is 13.6 Å². The second-order valence-corrected chi connectivity index (χ2v) is 9.46. The molecule has 2 aromatic heterocycles. The fourth-order valence-corrected chi connectivity index (χ4v) is 4.38. The van der Waals surface area contributed by atoms with Crippen LogP contribution in [0.4, 0.5) is 5.69 Å². The fourth-order valence-electron chi connectivity index (χ4n) is 3.80. The van der Waals surface area contributed by atoms with Gasteiger partial charge in [-0.2, -0.15) is 0 Å². The number of amides is 1. The minimum atomic E-state index is -0.536. The zero-order valence-corrected chi connectivity index (χ0v) is 21.6. The molecule has 0 fully saturated rings. The van der Waals surface area contributed by atoms with Crippen molar-refractivity contribution in [3.63, 3.8) is 0 Å². The molecule has 2 heterocycles. The number of rotatable bonds is 4. The van der Waals surface area contributed by atoms with Crippen molar-refractivity contribution in [3.8, 4) is 22.5 Å². The van der Waals surface area contributed by atoms with Gasteiger partial charge < -0.3 is 14.2 Å². The first-order valence-electron chi connectivity index (χ1n) is 11.1. The summed E-state index contributed by atoms with van der Waals surface area (Å²) in [6.07, 6.45) is 0. The summed E-state index contributed by atoms with van der Waals surface area (Å²) in [6, 6.07) is 22.7. The summed E-state index contributed by atoms with van der Waals surface area (Å²) in [5, 5.41) is 7.44. The van der Waals surface area contributed by atoms with Gasteiger partial charge in [-0.15, -0.1) is 0 Å². The number of furan rings is 1. The zero-order chi connectivity index (χ0) is 26.1. The minimum Gasteiger partial charge on any atom is -0.451 e. The molecule has 0 aliphatic heterocycles. The lowest BCUT2D eigenvalue weighted by atomic mass is 10.0. The fraction of sp³-hybridized carbons (Fsp3) is 0.0357. The van der Waals surface area contributed by atoms with E-state index in [0.29, 0.717) is 43.8 Å². The van der Waals surface area contributed by atoms with Crippen LogP contribution in [0.15, 0.2) is 92.5 Å². The van der Waals surface area contributed by atoms with E-state index in [2.05, 4.69) is 10.6 Å². The molecular weight excluding hydrogens is 531 g/mol. The van der Waals surface area contributed by atoms with Crippen LogP contribution in [-0.4, -0.2) is 11.0 Å². The number of benzene rings is 3. The molecule has 9 heteroatoms. The van der Waals surface area contributed by atoms with Crippen molar-refractivity contribution in [2.24, 2.45) is 0 Å². The molecule has 5 aromatic rings. The molecule has 0 unspecified atom stereocenters. The average Bonchev–Trinajstić information content (AvgIpc) is 3.37. The summed E-state index contributed by atoms with van der Waals surface area (Å²) >= 11 is 17.6. The number of anilines is 1. The van der Waals surface area contributed by atoms with Crippen molar-refractivity contribution in [3.05, 3.63) is 111 Å². The number of aryl methyl sites for hydroxylation is 1. The molecule has 184 valence electrons. The Labute approximate surface area is 226 Å². The van der Waals surface area contributed by atoms with Crippen LogP contribution in [0.25, 0.3) is 33.4 Å². The highest BCUT2D eigenvalue weighted by Gasteiger charge is 2.16. The van der Waals surface area contributed by atoms with Gasteiger partial charge in [0.2, 0.25) is 0 Å². The van der Waals surface area contributed by atoms with Crippen LogP contribution in [-0.2, 0) is 0 Å². The average molecular weight is 549 g/mol. The molecule has 0 saturated heterocycles. The second kappa shape index (κ2) is 10.2. The molecule has 0 saturated carbocycles. The van der Waals surface area contributed by atoms with Gasteiger partial charge in [0.1, 0.15) is 11.3 Å². The van der Waals surface area contributed by atoms with E-state index in [1.807, 2.05) is 37.3 Å². The monoisotopic (exact) mass is 548 g/mol. The van der Waals surface area contributed by atoms with E-state index in [-0.39, 0.29) is 10.9 Å². The Morgan fingerprint density at radius 2 is 1.70 bits per heavy atom. The van der Waals surface area contributed by atoms with Crippen LogP contribution in [0.1, 0.15) is 16.1 Å². The Balaban J connectivity index is 1.33. The van der Waals surface area contributed by atoms with E-state index >= 15 is 0 Å². The number of thiocarbonyl (C=S) groups is 1. The van der Waals surface area contributed by atoms with Gasteiger partial charge in [-0.25, -0.2) is 4.79 Å². The van der Waals surface area contributed by atoms with Crippen LogP contribution in [0.5, 0.6) is 0 Å². The van der Waals surface area contributed by atoms with Crippen molar-refractivity contribution in [2.45, 2.75) is 6.92 Å². The molecule has 0 spiro atoms. The van der Waals surface area contributed by atoms with Crippen LogP contribution in [0, 0.1) is 6.92 Å². The van der Waals surface area contributed by atoms with Crippen LogP contribution in [0.3, 0.4) is 0 Å². The molecule has 3 aromatic carbocycles. The van der Waals surface area contributed by atoms with Crippen LogP contribution >= 0.6 is 35.4 Å². The van der Waals surface area contributed by atoms with Gasteiger partial charge in [0.25, 0.3) is 5.91 Å². The molecule has 0 aliphatic rings. The third-order valence-corrected chi connectivity index (χ3v) is 6.46. The summed E-state index contributed by atoms with van der Waals surface area (Å²) in [7, 11) is 0. The lowest BCUT2D eigenvalue weighted by molar-refractivity contribution is 0.0951. The first kappa shape index (κ1) is 24.8. The van der Waals surface area contributed by atoms with Crippen molar-refractivity contribution in [1.82, 2.24) is 5.32 Å². The Hall–Kier alpha value is -3.91. The topological polar surface area (TPSA) is 84.5 Å². The van der Waals surface area contributed by atoms with Crippen LogP contribution in [0.2, 0.25) is 10.0 Å². The Morgan fingerprint density at radius 3 is 2.54 bits per heavy atom. The molecule has 0 aliphatic carbocycles. The van der Waals surface area contributed by atoms with E-state index < -0.39 is 11.5 Å². The van der Waals surface area contributed by atoms with Crippen LogP contribution < -0.4 is 16.3 Å². The third-order valence-electron chi connectivity index (χ3n) is 5.69. The maximum Gasteiger partial charge on any atom is 0.344 e. The third kappa shape index (κ3) is 5.29. The lowest BCUT2D eigenvalue weighted by Gasteiger charge is -2.13. The Kier molecular flexibility index (Phi) is 6.84. The summed E-state index contributed by atoms with van der Waals surface area (Å²) < 4.78 is 11.1. The van der Waals surface area contributed by atoms with Gasteiger partial charge in [-0.1, -0.05) is 53.5 Å². The molecule has 1 amide bonds. The maximum absolute atomic E-state index is 12.7. The lowest BCUT2D eigenvalue weighted by Crippen LogP contribution is -2.34. The molecule has 5 rings (SSSR count). The number of halogens is 2. The Morgan fingerprint density at radius 1 is 0.892 bits per heavy atom. The van der Waals surface area contributed by atoms with Gasteiger partial charge in [0, 0.05) is 21.7 Å². The number of fused-ring (bicyclic) bond motifs is 1. The standard InChI is InChI=1S/C28H18Cl2N2O4S/c1-15-6-7-16(19-12-17-4-2-3-5-23(17)36-27(19)34)13-22(15)31-28(37)32-26(33)25-11-10-24(35-25)20-14-18(29)8-9-21(20)30/h2-14H,1H3,(H2,31,32,33,37). The molecule has 0 radical (unpaired) electrons. The first-order valence-corrected chi connectivity index (χ1v) is 12.3. The number of nitrogens with one attached hydrogen (secondary N) is 2. The second-order valence-electron chi connectivity index (χ2n) is 8.21. The highest BCUT2D eigenvalue weighted by Crippen LogP contribution is 2.32. The number of hydrogen-bond donors (Lipinski definition) is 2.